The first-order chi connectivity index (χ1) is 16.1. The van der Waals surface area contributed by atoms with Gasteiger partial charge in [0.1, 0.15) is 6.10 Å². The van der Waals surface area contributed by atoms with Gasteiger partial charge in [0.2, 0.25) is 0 Å². The molecular weight excluding hydrogens is 505 g/mol. The molecule has 1 N–H and O–H groups in total. The van der Waals surface area contributed by atoms with Gasteiger partial charge in [0.15, 0.2) is 33.3 Å². The Hall–Kier alpha value is 0.668. The van der Waals surface area contributed by atoms with E-state index < -0.39 is 39.4 Å². The molecule has 0 aliphatic heterocycles. The Morgan fingerprint density at radius 2 is 0.857 bits per heavy atom. The molecule has 0 radical (unpaired) electrons. The normalized spacial score (nSPS) is 14.5. The minimum atomic E-state index is -1.64. The average molecular weight is 567 g/mol. The highest BCUT2D eigenvalue weighted by atomic mass is 28.4. The van der Waals surface area contributed by atoms with E-state index in [9.17, 15) is 5.11 Å². The van der Waals surface area contributed by atoms with Crippen LogP contribution in [0.4, 0.5) is 0 Å². The molecule has 0 fully saturated rings. The highest BCUT2D eigenvalue weighted by Gasteiger charge is 2.33. The van der Waals surface area contributed by atoms with Gasteiger partial charge in [-0.2, -0.15) is 0 Å². The van der Waals surface area contributed by atoms with E-state index in [4.69, 9.17) is 17.7 Å². The Bertz CT molecular complexity index is 530. The lowest BCUT2D eigenvalue weighted by Crippen LogP contribution is -2.44. The number of hydrogen-bond acceptors (Lipinski definition) is 5. The van der Waals surface area contributed by atoms with Crippen molar-refractivity contribution in [2.24, 2.45) is 0 Å². The molecule has 5 nitrogen and oxygen atoms in total. The van der Waals surface area contributed by atoms with Crippen molar-refractivity contribution in [2.75, 3.05) is 26.4 Å². The van der Waals surface area contributed by atoms with Crippen LogP contribution in [0.1, 0.15) is 58.8 Å². The fraction of sp³-hybridized carbons (Fsp3) is 1.00. The monoisotopic (exact) mass is 566 g/mol. The molecule has 0 heterocycles. The summed E-state index contributed by atoms with van der Waals surface area (Å²) in [5, 5.41) is 10.2. The topological polar surface area (TPSA) is 57.2 Å². The van der Waals surface area contributed by atoms with Crippen molar-refractivity contribution in [1.82, 2.24) is 0 Å². The number of hydrogen-bond donors (Lipinski definition) is 1. The van der Waals surface area contributed by atoms with E-state index in [1.807, 2.05) is 0 Å². The number of unbranched alkanes of at least 4 members (excludes halogenated alkanes) is 3. The zero-order chi connectivity index (χ0) is 27.0. The SMILES string of the molecule is CCCC[Si](C)(C)O[Si](C)(C)CCCCOCC(O)COCCC[Si](C)(C)O[Si](C)(C)CCCC. The minimum absolute atomic E-state index is 0.352. The maximum Gasteiger partial charge on any atom is 0.173 e. The van der Waals surface area contributed by atoms with E-state index in [0.717, 1.165) is 25.3 Å². The lowest BCUT2D eigenvalue weighted by atomic mass is 10.3. The molecule has 1 atom stereocenters. The Kier molecular flexibility index (Phi) is 18.4. The number of aliphatic hydroxyl groups is 1. The summed E-state index contributed by atoms with van der Waals surface area (Å²) in [6.07, 6.45) is 7.70. The van der Waals surface area contributed by atoms with E-state index in [0.29, 0.717) is 26.4 Å². The second-order valence-electron chi connectivity index (χ2n) is 12.8. The number of aliphatic hydroxyl groups excluding tert-OH is 1. The molecule has 35 heavy (non-hydrogen) atoms. The molecule has 0 aliphatic rings. The highest BCUT2D eigenvalue weighted by molar-refractivity contribution is 6.85. The van der Waals surface area contributed by atoms with Crippen molar-refractivity contribution < 1.29 is 22.8 Å². The summed E-state index contributed by atoms with van der Waals surface area (Å²) in [6, 6.07) is 4.83. The van der Waals surface area contributed by atoms with Gasteiger partial charge in [0.05, 0.1) is 13.2 Å². The maximum atomic E-state index is 10.2. The van der Waals surface area contributed by atoms with Crippen LogP contribution in [0.3, 0.4) is 0 Å². The van der Waals surface area contributed by atoms with Crippen LogP contribution >= 0.6 is 0 Å². The summed E-state index contributed by atoms with van der Waals surface area (Å²) in [4.78, 5) is 0. The van der Waals surface area contributed by atoms with Gasteiger partial charge in [-0.3, -0.25) is 0 Å². The maximum absolute atomic E-state index is 10.2. The smallest absolute Gasteiger partial charge is 0.173 e. The van der Waals surface area contributed by atoms with Crippen LogP contribution in [0, 0.1) is 0 Å². The van der Waals surface area contributed by atoms with E-state index >= 15 is 0 Å². The summed E-state index contributed by atoms with van der Waals surface area (Å²) >= 11 is 0. The first kappa shape index (κ1) is 35.7. The lowest BCUT2D eigenvalue weighted by Gasteiger charge is -2.34. The van der Waals surface area contributed by atoms with E-state index in [1.54, 1.807) is 0 Å². The van der Waals surface area contributed by atoms with Crippen LogP contribution in [-0.4, -0.2) is 70.9 Å². The Morgan fingerprint density at radius 1 is 0.514 bits per heavy atom. The molecule has 1 unspecified atom stereocenters. The molecule has 0 saturated carbocycles. The summed E-state index contributed by atoms with van der Waals surface area (Å²) in [5.41, 5.74) is 0. The van der Waals surface area contributed by atoms with Gasteiger partial charge in [0, 0.05) is 13.2 Å². The predicted molar refractivity (Wildman–Crippen MR) is 163 cm³/mol. The van der Waals surface area contributed by atoms with Crippen molar-refractivity contribution in [3.8, 4) is 0 Å². The van der Waals surface area contributed by atoms with Gasteiger partial charge in [-0.15, -0.1) is 0 Å². The summed E-state index contributed by atoms with van der Waals surface area (Å²) in [7, 11) is -6.29. The second-order valence-corrected chi connectivity index (χ2v) is 30.5. The van der Waals surface area contributed by atoms with E-state index in [2.05, 4.69) is 66.2 Å². The van der Waals surface area contributed by atoms with E-state index in [-0.39, 0.29) is 0 Å². The minimum Gasteiger partial charge on any atom is -0.455 e. The average Bonchev–Trinajstić information content (AvgIpc) is 2.71. The third-order valence-electron chi connectivity index (χ3n) is 6.38. The molecule has 0 aromatic rings. The van der Waals surface area contributed by atoms with Crippen LogP contribution in [0.5, 0.6) is 0 Å². The third-order valence-corrected chi connectivity index (χ3v) is 21.4. The molecule has 0 bridgehead atoms. The van der Waals surface area contributed by atoms with Crippen LogP contribution in [0.25, 0.3) is 0 Å². The van der Waals surface area contributed by atoms with Crippen molar-refractivity contribution >= 4 is 33.3 Å². The predicted octanol–water partition coefficient (Wildman–Crippen LogP) is 8.00. The Balaban J connectivity index is 3.88. The third kappa shape index (κ3) is 21.3. The van der Waals surface area contributed by atoms with E-state index in [1.165, 1.54) is 43.8 Å². The molecule has 212 valence electrons. The molecule has 9 heteroatoms. The summed E-state index contributed by atoms with van der Waals surface area (Å²) in [5.74, 6) is 0. The fourth-order valence-electron chi connectivity index (χ4n) is 4.75. The molecule has 0 rings (SSSR count). The summed E-state index contributed by atoms with van der Waals surface area (Å²) in [6.45, 7) is 25.5. The zero-order valence-electron chi connectivity index (χ0n) is 25.3. The molecule has 0 aliphatic carbocycles. The zero-order valence-corrected chi connectivity index (χ0v) is 29.3. The van der Waals surface area contributed by atoms with Gasteiger partial charge in [-0.05, 0) is 89.4 Å². The second kappa shape index (κ2) is 18.0. The van der Waals surface area contributed by atoms with Crippen molar-refractivity contribution in [3.63, 3.8) is 0 Å². The van der Waals surface area contributed by atoms with Gasteiger partial charge in [-0.25, -0.2) is 0 Å². The van der Waals surface area contributed by atoms with Crippen LogP contribution in [0.15, 0.2) is 0 Å². The van der Waals surface area contributed by atoms with Gasteiger partial charge in [0.25, 0.3) is 0 Å². The number of ether oxygens (including phenoxy) is 2. The molecule has 0 aromatic carbocycles. The van der Waals surface area contributed by atoms with Crippen LogP contribution in [-0.2, 0) is 17.7 Å². The Labute approximate surface area is 223 Å². The van der Waals surface area contributed by atoms with Crippen LogP contribution in [0.2, 0.25) is 76.6 Å². The van der Waals surface area contributed by atoms with Crippen LogP contribution < -0.4 is 0 Å². The molecule has 0 amide bonds. The molecule has 0 spiro atoms. The largest absolute Gasteiger partial charge is 0.455 e. The first-order valence-electron chi connectivity index (χ1n) is 14.4. The van der Waals surface area contributed by atoms with Crippen molar-refractivity contribution in [1.29, 1.82) is 0 Å². The number of rotatable bonds is 23. The van der Waals surface area contributed by atoms with Gasteiger partial charge >= 0.3 is 0 Å². The lowest BCUT2D eigenvalue weighted by molar-refractivity contribution is -0.0192. The Morgan fingerprint density at radius 3 is 1.26 bits per heavy atom. The highest BCUT2D eigenvalue weighted by Crippen LogP contribution is 2.25. The van der Waals surface area contributed by atoms with Crippen molar-refractivity contribution in [3.05, 3.63) is 0 Å². The van der Waals surface area contributed by atoms with Gasteiger partial charge in [-0.1, -0.05) is 46.0 Å². The van der Waals surface area contributed by atoms with Crippen molar-refractivity contribution in [2.45, 2.75) is 141 Å². The molecular formula is C26H62O5Si4. The van der Waals surface area contributed by atoms with Gasteiger partial charge < -0.3 is 22.8 Å². The molecule has 0 saturated heterocycles. The standard InChI is InChI=1S/C26H62O5Si4/c1-11-13-20-32(3,4)30-34(7,8)22-16-15-18-28-24-26(27)25-29-19-17-23-35(9,10)31-33(5,6)21-14-12-2/h26-27H,11-25H2,1-10H3. The quantitative estimate of drug-likeness (QED) is 0.100. The fourth-order valence-corrected chi connectivity index (χ4v) is 22.9. The first-order valence-corrected chi connectivity index (χ1v) is 26.8. The summed E-state index contributed by atoms with van der Waals surface area (Å²) < 4.78 is 24.8. The molecule has 0 aromatic heterocycles.